The zero-order valence-electron chi connectivity index (χ0n) is 23.4. The van der Waals surface area contributed by atoms with Crippen molar-refractivity contribution < 1.29 is 14.4 Å². The van der Waals surface area contributed by atoms with Crippen LogP contribution in [0, 0.1) is 62.3 Å². The van der Waals surface area contributed by atoms with Gasteiger partial charge >= 0.3 is 221 Å². The Morgan fingerprint density at radius 1 is 0.472 bits per heavy atom. The Kier molecular flexibility index (Phi) is 8.14. The van der Waals surface area contributed by atoms with Crippen LogP contribution in [0.3, 0.4) is 0 Å². The topological polar surface area (TPSA) is 51.2 Å². The SMILES string of the molecule is C[CH2][Sn]([C](=O)c1c(C)cc(C)cc1C)([C](=O)c1c(C)cc(C)cc1C)[C](=O)c1c(C)cc(C)cc1C. The third-order valence-corrected chi connectivity index (χ3v) is 19.2. The van der Waals surface area contributed by atoms with Crippen LogP contribution in [0.2, 0.25) is 4.44 Å². The van der Waals surface area contributed by atoms with E-state index in [1.807, 2.05) is 106 Å². The average molecular weight is 589 g/mol. The Labute approximate surface area is 220 Å². The van der Waals surface area contributed by atoms with Gasteiger partial charge in [-0.1, -0.05) is 0 Å². The molecule has 3 nitrogen and oxygen atoms in total. The summed E-state index contributed by atoms with van der Waals surface area (Å²) in [7, 11) is 0. The molecule has 0 bridgehead atoms. The van der Waals surface area contributed by atoms with Gasteiger partial charge in [-0.05, 0) is 0 Å². The van der Waals surface area contributed by atoms with Gasteiger partial charge in [0.1, 0.15) is 0 Å². The Hall–Kier alpha value is -2.53. The van der Waals surface area contributed by atoms with Gasteiger partial charge in [0.2, 0.25) is 0 Å². The third kappa shape index (κ3) is 4.74. The van der Waals surface area contributed by atoms with E-state index < -0.39 is 18.4 Å². The number of hydrogen-bond acceptors (Lipinski definition) is 3. The van der Waals surface area contributed by atoms with Crippen molar-refractivity contribution in [3.63, 3.8) is 0 Å². The van der Waals surface area contributed by atoms with Crippen LogP contribution in [0.15, 0.2) is 36.4 Å². The van der Waals surface area contributed by atoms with Gasteiger partial charge in [0.15, 0.2) is 0 Å². The maximum atomic E-state index is 14.7. The van der Waals surface area contributed by atoms with Crippen LogP contribution in [0.25, 0.3) is 0 Å². The molecule has 0 aliphatic rings. The Balaban J connectivity index is 2.43. The number of rotatable bonds is 7. The quantitative estimate of drug-likeness (QED) is 0.269. The Bertz CT molecular complexity index is 1170. The van der Waals surface area contributed by atoms with E-state index in [1.54, 1.807) is 0 Å². The van der Waals surface area contributed by atoms with E-state index in [2.05, 4.69) is 0 Å². The molecular formula is C32H38O3Sn. The number of hydrogen-bond donors (Lipinski definition) is 0. The van der Waals surface area contributed by atoms with E-state index in [9.17, 15) is 14.4 Å². The summed E-state index contributed by atoms with van der Waals surface area (Å²) in [6.45, 7) is 19.4. The van der Waals surface area contributed by atoms with Gasteiger partial charge in [-0.25, -0.2) is 0 Å². The van der Waals surface area contributed by atoms with Gasteiger partial charge in [0.05, 0.1) is 0 Å². The van der Waals surface area contributed by atoms with Gasteiger partial charge in [-0.15, -0.1) is 0 Å². The van der Waals surface area contributed by atoms with Crippen molar-refractivity contribution in [1.29, 1.82) is 0 Å². The van der Waals surface area contributed by atoms with Gasteiger partial charge in [-0.2, -0.15) is 0 Å². The molecule has 0 unspecified atom stereocenters. The second-order valence-corrected chi connectivity index (χ2v) is 21.6. The summed E-state index contributed by atoms with van der Waals surface area (Å²) in [6.07, 6.45) is 0. The molecule has 3 aromatic carbocycles. The van der Waals surface area contributed by atoms with Gasteiger partial charge in [0, 0.05) is 0 Å². The first kappa shape index (κ1) is 28.0. The molecule has 0 fully saturated rings. The minimum absolute atomic E-state index is 0.199. The predicted molar refractivity (Wildman–Crippen MR) is 151 cm³/mol. The normalized spacial score (nSPS) is 11.5. The summed E-state index contributed by atoms with van der Waals surface area (Å²) in [5.41, 5.74) is 9.88. The fourth-order valence-electron chi connectivity index (χ4n) is 6.05. The third-order valence-electron chi connectivity index (χ3n) is 7.41. The molecule has 4 heteroatoms. The maximum absolute atomic E-state index is 14.7. The summed E-state index contributed by atoms with van der Waals surface area (Å²) in [6, 6.07) is 11.9. The van der Waals surface area contributed by atoms with Crippen molar-refractivity contribution in [1.82, 2.24) is 0 Å². The molecule has 3 rings (SSSR count). The number of benzene rings is 3. The van der Waals surface area contributed by atoms with Crippen LogP contribution in [0.4, 0.5) is 0 Å². The van der Waals surface area contributed by atoms with Crippen molar-refractivity contribution >= 4 is 29.8 Å². The number of carbonyl (C=O) groups excluding carboxylic acids is 3. The van der Waals surface area contributed by atoms with Crippen molar-refractivity contribution in [3.8, 4) is 0 Å². The average Bonchev–Trinajstić information content (AvgIpc) is 2.72. The molecule has 0 radical (unpaired) electrons. The molecule has 3 aromatic rings. The molecule has 0 aromatic heterocycles. The predicted octanol–water partition coefficient (Wildman–Crippen LogP) is 7.50. The van der Waals surface area contributed by atoms with Crippen LogP contribution in [-0.2, 0) is 0 Å². The standard InChI is InChI=1S/3C10H11O.C2H5.Sn/c3*1-7-4-8(2)10(6-11)9(3)5-7;1-2;/h3*4-5H,1-3H3;1H2,2H3;. The summed E-state index contributed by atoms with van der Waals surface area (Å²) in [5, 5.41) is 0. The van der Waals surface area contributed by atoms with E-state index in [0.29, 0.717) is 16.7 Å². The molecule has 0 heterocycles. The summed E-state index contributed by atoms with van der Waals surface area (Å²) >= 11 is -5.03. The van der Waals surface area contributed by atoms with E-state index >= 15 is 0 Å². The summed E-state index contributed by atoms with van der Waals surface area (Å²) in [4.78, 5) is 44.1. The fourth-order valence-corrected chi connectivity index (χ4v) is 17.6. The molecule has 0 amide bonds. The first-order valence-electron chi connectivity index (χ1n) is 12.6. The zero-order chi connectivity index (χ0) is 27.1. The van der Waals surface area contributed by atoms with E-state index in [-0.39, 0.29) is 15.8 Å². The molecule has 0 saturated heterocycles. The van der Waals surface area contributed by atoms with Crippen LogP contribution in [0.1, 0.15) is 88.1 Å². The van der Waals surface area contributed by atoms with Crippen molar-refractivity contribution in [2.24, 2.45) is 0 Å². The summed E-state index contributed by atoms with van der Waals surface area (Å²) in [5.74, 6) is 0. The molecule has 0 N–H and O–H groups in total. The second-order valence-electron chi connectivity index (χ2n) is 10.6. The number of carbonyl (C=O) groups is 3. The van der Waals surface area contributed by atoms with Crippen LogP contribution in [0.5, 0.6) is 0 Å². The van der Waals surface area contributed by atoms with E-state index in [4.69, 9.17) is 0 Å². The minimum atomic E-state index is -5.03. The molecule has 0 atom stereocenters. The summed E-state index contributed by atoms with van der Waals surface area (Å²) < 4.78 is -0.307. The van der Waals surface area contributed by atoms with Gasteiger partial charge < -0.3 is 0 Å². The fraction of sp³-hybridized carbons (Fsp3) is 0.344. The molecule has 0 aliphatic carbocycles. The zero-order valence-corrected chi connectivity index (χ0v) is 26.3. The molecule has 0 aliphatic heterocycles. The molecule has 36 heavy (non-hydrogen) atoms. The molecule has 0 saturated carbocycles. The van der Waals surface area contributed by atoms with Gasteiger partial charge in [0.25, 0.3) is 0 Å². The molecule has 0 spiro atoms. The van der Waals surface area contributed by atoms with Crippen molar-refractivity contribution in [2.45, 2.75) is 73.7 Å². The van der Waals surface area contributed by atoms with Crippen LogP contribution in [-0.4, -0.2) is 29.8 Å². The Morgan fingerprint density at radius 2 is 0.667 bits per heavy atom. The van der Waals surface area contributed by atoms with Crippen LogP contribution >= 0.6 is 0 Å². The van der Waals surface area contributed by atoms with Gasteiger partial charge in [-0.3, -0.25) is 0 Å². The van der Waals surface area contributed by atoms with E-state index in [0.717, 1.165) is 50.1 Å². The van der Waals surface area contributed by atoms with Crippen LogP contribution < -0.4 is 0 Å². The second kappa shape index (κ2) is 10.5. The monoisotopic (exact) mass is 590 g/mol. The number of aryl methyl sites for hydroxylation is 9. The Morgan fingerprint density at radius 3 is 0.833 bits per heavy atom. The van der Waals surface area contributed by atoms with E-state index in [1.165, 1.54) is 0 Å². The first-order chi connectivity index (χ1) is 16.8. The molecule has 188 valence electrons. The van der Waals surface area contributed by atoms with Crippen molar-refractivity contribution in [2.75, 3.05) is 0 Å². The van der Waals surface area contributed by atoms with Crippen molar-refractivity contribution in [3.05, 3.63) is 103 Å². The molecular weight excluding hydrogens is 551 g/mol. The first-order valence-corrected chi connectivity index (χ1v) is 18.9.